The molecule has 0 bridgehead atoms. The number of hydrogen-bond donors (Lipinski definition) is 2. The highest BCUT2D eigenvalue weighted by molar-refractivity contribution is 9.10. The first-order valence-electron chi connectivity index (χ1n) is 8.32. The lowest BCUT2D eigenvalue weighted by Gasteiger charge is -2.39. The van der Waals surface area contributed by atoms with Crippen molar-refractivity contribution in [2.75, 3.05) is 18.5 Å². The van der Waals surface area contributed by atoms with Gasteiger partial charge in [-0.2, -0.15) is 0 Å². The summed E-state index contributed by atoms with van der Waals surface area (Å²) in [6.07, 6.45) is 0.773. The Morgan fingerprint density at radius 1 is 1.32 bits per heavy atom. The van der Waals surface area contributed by atoms with Gasteiger partial charge >= 0.3 is 0 Å². The van der Waals surface area contributed by atoms with Crippen LogP contribution in [-0.2, 0) is 0 Å². The molecule has 130 valence electrons. The van der Waals surface area contributed by atoms with E-state index in [9.17, 15) is 14.3 Å². The third-order valence-electron chi connectivity index (χ3n) is 5.20. The van der Waals surface area contributed by atoms with E-state index in [-0.39, 0.29) is 36.1 Å². The summed E-state index contributed by atoms with van der Waals surface area (Å²) in [5, 5.41) is 13.1. The fourth-order valence-electron chi connectivity index (χ4n) is 4.05. The van der Waals surface area contributed by atoms with Gasteiger partial charge in [-0.1, -0.05) is 28.1 Å². The van der Waals surface area contributed by atoms with Crippen LogP contribution in [0.2, 0.25) is 0 Å². The van der Waals surface area contributed by atoms with Gasteiger partial charge in [0.05, 0.1) is 24.3 Å². The molecular formula is C19H18BrFN2O2. The van der Waals surface area contributed by atoms with Crippen LogP contribution in [0, 0.1) is 11.7 Å². The van der Waals surface area contributed by atoms with E-state index < -0.39 is 5.82 Å². The van der Waals surface area contributed by atoms with Crippen LogP contribution in [0.3, 0.4) is 0 Å². The number of aliphatic hydroxyl groups is 1. The van der Waals surface area contributed by atoms with Gasteiger partial charge in [0.1, 0.15) is 5.82 Å². The third-order valence-corrected chi connectivity index (χ3v) is 5.69. The van der Waals surface area contributed by atoms with Crippen LogP contribution in [0.1, 0.15) is 28.4 Å². The number of rotatable bonds is 2. The lowest BCUT2D eigenvalue weighted by molar-refractivity contribution is 0.0696. The fraction of sp³-hybridized carbons (Fsp3) is 0.316. The number of nitrogens with zero attached hydrogens (tertiary/aromatic N) is 1. The summed E-state index contributed by atoms with van der Waals surface area (Å²) < 4.78 is 15.0. The van der Waals surface area contributed by atoms with E-state index >= 15 is 0 Å². The number of nitrogens with one attached hydrogen (secondary N) is 1. The Labute approximate surface area is 153 Å². The van der Waals surface area contributed by atoms with Crippen molar-refractivity contribution >= 4 is 27.5 Å². The van der Waals surface area contributed by atoms with E-state index in [1.165, 1.54) is 12.1 Å². The molecule has 0 aliphatic carbocycles. The standard InChI is InChI=1S/C19H18BrFN2O2/c20-11-5-6-16-14(9-11)18-13(17(10-24)22-16)7-8-23(18)19(25)12-3-1-2-4-15(12)21/h1-6,9,13,17-18,22,24H,7-8,10H2/t13-,17+,18-/m1/s1. The van der Waals surface area contributed by atoms with E-state index in [2.05, 4.69) is 21.2 Å². The highest BCUT2D eigenvalue weighted by Crippen LogP contribution is 2.47. The van der Waals surface area contributed by atoms with Crippen LogP contribution in [0.4, 0.5) is 10.1 Å². The molecule has 2 aromatic carbocycles. The van der Waals surface area contributed by atoms with E-state index in [0.717, 1.165) is 22.1 Å². The second-order valence-electron chi connectivity index (χ2n) is 6.54. The van der Waals surface area contributed by atoms with Crippen LogP contribution in [0.5, 0.6) is 0 Å². The number of hydrogen-bond acceptors (Lipinski definition) is 3. The number of carbonyl (C=O) groups excluding carboxylic acids is 1. The SMILES string of the molecule is O=C(c1ccccc1F)N1CC[C@@H]2[C@H](CO)Nc3ccc(Br)cc3[C@@H]21. The maximum atomic E-state index is 14.1. The van der Waals surface area contributed by atoms with Crippen LogP contribution in [0.15, 0.2) is 46.9 Å². The van der Waals surface area contributed by atoms with Crippen LogP contribution in [-0.4, -0.2) is 35.1 Å². The topological polar surface area (TPSA) is 52.6 Å². The van der Waals surface area contributed by atoms with Crippen LogP contribution < -0.4 is 5.32 Å². The molecule has 4 rings (SSSR count). The second-order valence-corrected chi connectivity index (χ2v) is 7.46. The Morgan fingerprint density at radius 3 is 2.88 bits per heavy atom. The predicted octanol–water partition coefficient (Wildman–Crippen LogP) is 3.58. The summed E-state index contributed by atoms with van der Waals surface area (Å²) in [6.45, 7) is 0.547. The lowest BCUT2D eigenvalue weighted by Crippen LogP contribution is -2.43. The summed E-state index contributed by atoms with van der Waals surface area (Å²) in [4.78, 5) is 14.8. The molecule has 2 aliphatic rings. The molecule has 0 saturated carbocycles. The van der Waals surface area contributed by atoms with Crippen molar-refractivity contribution in [2.45, 2.75) is 18.5 Å². The minimum atomic E-state index is -0.502. The molecule has 6 heteroatoms. The zero-order valence-electron chi connectivity index (χ0n) is 13.5. The molecule has 0 unspecified atom stereocenters. The summed E-state index contributed by atoms with van der Waals surface area (Å²) in [7, 11) is 0. The Morgan fingerprint density at radius 2 is 2.12 bits per heavy atom. The maximum absolute atomic E-state index is 14.1. The van der Waals surface area contributed by atoms with Gasteiger partial charge in [0.15, 0.2) is 0 Å². The first-order chi connectivity index (χ1) is 12.1. The average molecular weight is 405 g/mol. The van der Waals surface area contributed by atoms with Gasteiger partial charge in [0.2, 0.25) is 0 Å². The van der Waals surface area contributed by atoms with Crippen molar-refractivity contribution in [1.29, 1.82) is 0 Å². The van der Waals surface area contributed by atoms with Crippen molar-refractivity contribution < 1.29 is 14.3 Å². The van der Waals surface area contributed by atoms with Crippen molar-refractivity contribution in [1.82, 2.24) is 4.90 Å². The second kappa shape index (κ2) is 6.42. The highest BCUT2D eigenvalue weighted by atomic mass is 79.9. The largest absolute Gasteiger partial charge is 0.394 e. The Bertz CT molecular complexity index is 829. The Balaban J connectivity index is 1.77. The van der Waals surface area contributed by atoms with Crippen molar-refractivity contribution in [3.63, 3.8) is 0 Å². The van der Waals surface area contributed by atoms with E-state index in [0.29, 0.717) is 6.54 Å². The minimum absolute atomic E-state index is 0.00159. The molecule has 2 heterocycles. The molecule has 2 N–H and O–H groups in total. The Kier molecular flexibility index (Phi) is 4.25. The molecule has 25 heavy (non-hydrogen) atoms. The number of carbonyl (C=O) groups is 1. The molecule has 1 amide bonds. The monoisotopic (exact) mass is 404 g/mol. The van der Waals surface area contributed by atoms with Crippen molar-refractivity contribution in [3.05, 3.63) is 63.9 Å². The molecule has 1 fully saturated rings. The molecule has 1 saturated heterocycles. The summed E-state index contributed by atoms with van der Waals surface area (Å²) in [6, 6.07) is 11.7. The number of anilines is 1. The number of likely N-dealkylation sites (tertiary alicyclic amines) is 1. The van der Waals surface area contributed by atoms with E-state index in [1.54, 1.807) is 17.0 Å². The third kappa shape index (κ3) is 2.73. The number of amides is 1. The molecule has 3 atom stereocenters. The number of aliphatic hydroxyl groups excluding tert-OH is 1. The van der Waals surface area contributed by atoms with Gasteiger partial charge in [0.25, 0.3) is 5.91 Å². The molecule has 0 radical (unpaired) electrons. The summed E-state index contributed by atoms with van der Waals surface area (Å²) in [5.41, 5.74) is 2.02. The molecule has 0 spiro atoms. The molecule has 2 aliphatic heterocycles. The van der Waals surface area contributed by atoms with Gasteiger partial charge < -0.3 is 15.3 Å². The van der Waals surface area contributed by atoms with Crippen LogP contribution in [0.25, 0.3) is 0 Å². The van der Waals surface area contributed by atoms with Gasteiger partial charge in [0, 0.05) is 22.6 Å². The number of fused-ring (bicyclic) bond motifs is 3. The first kappa shape index (κ1) is 16.5. The molecular weight excluding hydrogens is 387 g/mol. The van der Waals surface area contributed by atoms with E-state index in [4.69, 9.17) is 0 Å². The molecule has 4 nitrogen and oxygen atoms in total. The van der Waals surface area contributed by atoms with Crippen molar-refractivity contribution in [3.8, 4) is 0 Å². The number of benzene rings is 2. The minimum Gasteiger partial charge on any atom is -0.394 e. The summed E-state index contributed by atoms with van der Waals surface area (Å²) >= 11 is 3.49. The van der Waals surface area contributed by atoms with Crippen molar-refractivity contribution in [2.24, 2.45) is 5.92 Å². The van der Waals surface area contributed by atoms with Crippen LogP contribution >= 0.6 is 15.9 Å². The quantitative estimate of drug-likeness (QED) is 0.803. The lowest BCUT2D eigenvalue weighted by atomic mass is 9.83. The average Bonchev–Trinajstić information content (AvgIpc) is 3.06. The van der Waals surface area contributed by atoms with E-state index in [1.807, 2.05) is 18.2 Å². The predicted molar refractivity (Wildman–Crippen MR) is 96.9 cm³/mol. The normalized spacial score (nSPS) is 24.4. The highest BCUT2D eigenvalue weighted by Gasteiger charge is 2.46. The molecule has 2 aromatic rings. The first-order valence-corrected chi connectivity index (χ1v) is 9.12. The number of halogens is 2. The molecule has 0 aromatic heterocycles. The summed E-state index contributed by atoms with van der Waals surface area (Å²) in [5.74, 6) is -0.698. The van der Waals surface area contributed by atoms with Gasteiger partial charge in [-0.3, -0.25) is 4.79 Å². The van der Waals surface area contributed by atoms with Gasteiger partial charge in [-0.05, 0) is 42.3 Å². The van der Waals surface area contributed by atoms with Gasteiger partial charge in [-0.15, -0.1) is 0 Å². The fourth-order valence-corrected chi connectivity index (χ4v) is 4.43. The van der Waals surface area contributed by atoms with Gasteiger partial charge in [-0.25, -0.2) is 4.39 Å². The zero-order valence-corrected chi connectivity index (χ0v) is 15.0. The zero-order chi connectivity index (χ0) is 17.6. The smallest absolute Gasteiger partial charge is 0.257 e. The Hall–Kier alpha value is -1.92. The maximum Gasteiger partial charge on any atom is 0.257 e.